The Morgan fingerprint density at radius 2 is 1.76 bits per heavy atom. The molecule has 2 N–H and O–H groups in total. The molecule has 0 spiro atoms. The fourth-order valence-electron chi connectivity index (χ4n) is 5.28. The zero-order chi connectivity index (χ0) is 27.2. The average Bonchev–Trinajstić information content (AvgIpc) is 3.27. The van der Waals surface area contributed by atoms with E-state index in [0.29, 0.717) is 6.04 Å². The van der Waals surface area contributed by atoms with Gasteiger partial charge in [0.15, 0.2) is 0 Å². The standard InChI is InChI=1S/C19H20N2O.C12H25NO2/c1-11-8-9-13-15(10-11)18(21(3)19(13)22)17-12(2)20-16-7-5-4-6-14(16)17;1-5-6-7-8-9-10-13-11(14)15-12(2,3)4/h4-10,12,17-18,20H,1-3H3;5-10H2,1-4H3,(H,13,14). The maximum Gasteiger partial charge on any atom is 0.407 e. The van der Waals surface area contributed by atoms with Gasteiger partial charge in [-0.25, -0.2) is 4.79 Å². The quantitative estimate of drug-likeness (QED) is 0.389. The molecule has 0 aliphatic carbocycles. The van der Waals surface area contributed by atoms with Crippen molar-refractivity contribution in [2.75, 3.05) is 18.9 Å². The number of aryl methyl sites for hydroxylation is 1. The van der Waals surface area contributed by atoms with Crippen molar-refractivity contribution in [3.8, 4) is 0 Å². The predicted octanol–water partition coefficient (Wildman–Crippen LogP) is 7.20. The zero-order valence-corrected chi connectivity index (χ0v) is 23.7. The van der Waals surface area contributed by atoms with Gasteiger partial charge in [-0.3, -0.25) is 4.79 Å². The number of anilines is 1. The van der Waals surface area contributed by atoms with E-state index in [9.17, 15) is 9.59 Å². The first-order valence-electron chi connectivity index (χ1n) is 13.7. The van der Waals surface area contributed by atoms with E-state index in [0.717, 1.165) is 18.5 Å². The second-order valence-electron chi connectivity index (χ2n) is 11.3. The van der Waals surface area contributed by atoms with Gasteiger partial charge in [-0.1, -0.05) is 68.5 Å². The number of likely N-dealkylation sites (N-methyl/N-ethyl adjacent to an activating group) is 1. The molecule has 37 heavy (non-hydrogen) atoms. The van der Waals surface area contributed by atoms with E-state index in [2.05, 4.69) is 61.7 Å². The van der Waals surface area contributed by atoms with Crippen LogP contribution in [0.3, 0.4) is 0 Å². The number of amides is 2. The summed E-state index contributed by atoms with van der Waals surface area (Å²) < 4.78 is 5.12. The lowest BCUT2D eigenvalue weighted by Crippen LogP contribution is -2.32. The zero-order valence-electron chi connectivity index (χ0n) is 23.7. The molecule has 6 heteroatoms. The third kappa shape index (κ3) is 7.27. The van der Waals surface area contributed by atoms with Gasteiger partial charge in [-0.05, 0) is 64.3 Å². The summed E-state index contributed by atoms with van der Waals surface area (Å²) in [4.78, 5) is 25.7. The fourth-order valence-corrected chi connectivity index (χ4v) is 5.28. The highest BCUT2D eigenvalue weighted by atomic mass is 16.6. The molecule has 2 amide bonds. The Morgan fingerprint density at radius 3 is 2.46 bits per heavy atom. The number of carbonyl (C=O) groups is 2. The predicted molar refractivity (Wildman–Crippen MR) is 151 cm³/mol. The Bertz CT molecular complexity index is 1080. The summed E-state index contributed by atoms with van der Waals surface area (Å²) in [6, 6.07) is 15.0. The van der Waals surface area contributed by atoms with Crippen LogP contribution in [0.2, 0.25) is 0 Å². The third-order valence-electron chi connectivity index (χ3n) is 7.02. The number of hydrogen-bond acceptors (Lipinski definition) is 4. The van der Waals surface area contributed by atoms with Crippen LogP contribution in [-0.2, 0) is 4.74 Å². The number of para-hydroxylation sites is 1. The van der Waals surface area contributed by atoms with Crippen molar-refractivity contribution in [1.82, 2.24) is 10.2 Å². The van der Waals surface area contributed by atoms with Crippen LogP contribution < -0.4 is 10.6 Å². The van der Waals surface area contributed by atoms with Gasteiger partial charge in [-0.2, -0.15) is 0 Å². The Balaban J connectivity index is 0.000000225. The molecule has 2 aromatic carbocycles. The Morgan fingerprint density at radius 1 is 1.05 bits per heavy atom. The molecule has 0 fully saturated rings. The van der Waals surface area contributed by atoms with Crippen LogP contribution in [0.4, 0.5) is 10.5 Å². The van der Waals surface area contributed by atoms with Gasteiger partial charge in [0.05, 0.1) is 6.04 Å². The second-order valence-corrected chi connectivity index (χ2v) is 11.3. The van der Waals surface area contributed by atoms with Crippen LogP contribution in [0.5, 0.6) is 0 Å². The molecular weight excluding hydrogens is 462 g/mol. The van der Waals surface area contributed by atoms with Crippen molar-refractivity contribution in [2.24, 2.45) is 0 Å². The summed E-state index contributed by atoms with van der Waals surface area (Å²) in [6.45, 7) is 12.8. The minimum Gasteiger partial charge on any atom is -0.444 e. The number of unbranched alkanes of at least 4 members (excludes halogenated alkanes) is 4. The number of rotatable bonds is 7. The number of ether oxygens (including phenoxy) is 1. The molecule has 2 aliphatic heterocycles. The maximum atomic E-state index is 12.6. The monoisotopic (exact) mass is 507 g/mol. The molecular formula is C31H45N3O3. The minimum atomic E-state index is -0.397. The smallest absolute Gasteiger partial charge is 0.407 e. The number of alkyl carbamates (subject to hydrolysis) is 1. The molecule has 4 rings (SSSR count). The number of fused-ring (bicyclic) bond motifs is 2. The van der Waals surface area contributed by atoms with Crippen LogP contribution in [-0.4, -0.2) is 42.1 Å². The van der Waals surface area contributed by atoms with Gasteiger partial charge in [-0.15, -0.1) is 0 Å². The first-order chi connectivity index (χ1) is 17.5. The van der Waals surface area contributed by atoms with E-state index in [4.69, 9.17) is 4.74 Å². The molecule has 0 saturated carbocycles. The van der Waals surface area contributed by atoms with E-state index in [-0.39, 0.29) is 24.0 Å². The van der Waals surface area contributed by atoms with E-state index >= 15 is 0 Å². The van der Waals surface area contributed by atoms with Crippen molar-refractivity contribution in [2.45, 2.75) is 97.2 Å². The highest BCUT2D eigenvalue weighted by molar-refractivity contribution is 5.99. The van der Waals surface area contributed by atoms with E-state index in [1.807, 2.05) is 44.9 Å². The van der Waals surface area contributed by atoms with E-state index in [1.54, 1.807) is 0 Å². The van der Waals surface area contributed by atoms with Crippen molar-refractivity contribution < 1.29 is 14.3 Å². The van der Waals surface area contributed by atoms with Crippen molar-refractivity contribution in [1.29, 1.82) is 0 Å². The molecule has 3 atom stereocenters. The van der Waals surface area contributed by atoms with Crippen molar-refractivity contribution in [3.05, 3.63) is 64.7 Å². The number of hydrogen-bond donors (Lipinski definition) is 2. The number of carbonyl (C=O) groups excluding carboxylic acids is 2. The number of nitrogens with one attached hydrogen (secondary N) is 2. The Labute approximate surface area is 223 Å². The topological polar surface area (TPSA) is 70.7 Å². The summed E-state index contributed by atoms with van der Waals surface area (Å²) in [7, 11) is 1.93. The van der Waals surface area contributed by atoms with E-state index in [1.165, 1.54) is 48.1 Å². The summed E-state index contributed by atoms with van der Waals surface area (Å²) in [5.41, 5.74) is 5.35. The van der Waals surface area contributed by atoms with Crippen molar-refractivity contribution in [3.63, 3.8) is 0 Å². The van der Waals surface area contributed by atoms with Gasteiger partial charge in [0, 0.05) is 36.8 Å². The normalized spacial score (nSPS) is 19.9. The molecule has 0 aromatic heterocycles. The highest BCUT2D eigenvalue weighted by Gasteiger charge is 2.44. The second kappa shape index (κ2) is 12.5. The van der Waals surface area contributed by atoms with Crippen LogP contribution >= 0.6 is 0 Å². The van der Waals surface area contributed by atoms with Crippen LogP contribution in [0, 0.1) is 6.92 Å². The fraction of sp³-hybridized carbons (Fsp3) is 0.548. The lowest BCUT2D eigenvalue weighted by atomic mass is 9.84. The Hall–Kier alpha value is -3.02. The number of nitrogens with zero attached hydrogens (tertiary/aromatic N) is 1. The molecule has 0 radical (unpaired) electrons. The molecule has 2 aromatic rings. The summed E-state index contributed by atoms with van der Waals surface area (Å²) in [5, 5.41) is 6.32. The minimum absolute atomic E-state index is 0.105. The average molecular weight is 508 g/mol. The third-order valence-corrected chi connectivity index (χ3v) is 7.02. The van der Waals surface area contributed by atoms with Crippen LogP contribution in [0.15, 0.2) is 42.5 Å². The summed E-state index contributed by atoms with van der Waals surface area (Å²) in [6.07, 6.45) is 5.71. The van der Waals surface area contributed by atoms with Crippen LogP contribution in [0.1, 0.15) is 106 Å². The van der Waals surface area contributed by atoms with Crippen LogP contribution in [0.25, 0.3) is 0 Å². The molecule has 2 heterocycles. The molecule has 2 aliphatic rings. The molecule has 0 saturated heterocycles. The van der Waals surface area contributed by atoms with Gasteiger partial charge in [0.2, 0.25) is 0 Å². The SMILES string of the molecule is CCCCCCCNC(=O)OC(C)(C)C.Cc1ccc2c(c1)C(C1c3ccccc3NC1C)N(C)C2=O. The maximum absolute atomic E-state index is 12.6. The summed E-state index contributed by atoms with van der Waals surface area (Å²) in [5.74, 6) is 0.421. The molecule has 0 bridgehead atoms. The first kappa shape index (κ1) is 28.5. The molecule has 202 valence electrons. The molecule has 3 unspecified atom stereocenters. The lowest BCUT2D eigenvalue weighted by molar-refractivity contribution is 0.0526. The van der Waals surface area contributed by atoms with Gasteiger partial charge < -0.3 is 20.3 Å². The van der Waals surface area contributed by atoms with Gasteiger partial charge >= 0.3 is 6.09 Å². The largest absolute Gasteiger partial charge is 0.444 e. The summed E-state index contributed by atoms with van der Waals surface area (Å²) >= 11 is 0. The lowest BCUT2D eigenvalue weighted by Gasteiger charge is -2.30. The molecule has 6 nitrogen and oxygen atoms in total. The first-order valence-corrected chi connectivity index (χ1v) is 13.7. The van der Waals surface area contributed by atoms with Gasteiger partial charge in [0.1, 0.15) is 5.60 Å². The van der Waals surface area contributed by atoms with Gasteiger partial charge in [0.25, 0.3) is 5.91 Å². The Kier molecular flexibility index (Phi) is 9.63. The van der Waals surface area contributed by atoms with Crippen molar-refractivity contribution >= 4 is 17.7 Å². The van der Waals surface area contributed by atoms with E-state index < -0.39 is 5.60 Å². The highest BCUT2D eigenvalue weighted by Crippen LogP contribution is 2.49. The number of benzene rings is 2.